The molecule has 0 atom stereocenters. The average Bonchev–Trinajstić information content (AvgIpc) is 2.82. The van der Waals surface area contributed by atoms with Crippen LogP contribution in [-0.4, -0.2) is 36.0 Å². The normalized spacial score (nSPS) is 15.4. The van der Waals surface area contributed by atoms with E-state index in [2.05, 4.69) is 70.5 Å². The quantitative estimate of drug-likeness (QED) is 0.388. The zero-order valence-electron chi connectivity index (χ0n) is 17.8. The van der Waals surface area contributed by atoms with Crippen LogP contribution in [0.5, 0.6) is 0 Å². The van der Waals surface area contributed by atoms with E-state index in [0.717, 1.165) is 37.1 Å². The number of rotatable bonds is 5. The van der Waals surface area contributed by atoms with Crippen molar-refractivity contribution < 1.29 is 4.42 Å². The summed E-state index contributed by atoms with van der Waals surface area (Å²) in [6, 6.07) is 28.7. The lowest BCUT2D eigenvalue weighted by Crippen LogP contribution is -2.47. The predicted octanol–water partition coefficient (Wildman–Crippen LogP) is 5.35. The van der Waals surface area contributed by atoms with E-state index in [1.54, 1.807) is 18.2 Å². The predicted molar refractivity (Wildman–Crippen MR) is 129 cm³/mol. The lowest BCUT2D eigenvalue weighted by molar-refractivity contribution is 0.105. The van der Waals surface area contributed by atoms with Gasteiger partial charge in [-0.3, -0.25) is 9.80 Å². The van der Waals surface area contributed by atoms with Crippen molar-refractivity contribution in [2.75, 3.05) is 26.2 Å². The minimum absolute atomic E-state index is 0.239. The third-order valence-electron chi connectivity index (χ3n) is 6.19. The molecular weight excluding hydrogens is 420 g/mol. The summed E-state index contributed by atoms with van der Waals surface area (Å²) in [6.07, 6.45) is 0. The smallest absolute Gasteiger partial charge is 0.336 e. The maximum Gasteiger partial charge on any atom is 0.336 e. The number of benzene rings is 3. The fraction of sp³-hybridized carbons (Fsp3) is 0.222. The van der Waals surface area contributed by atoms with Crippen LogP contribution in [0.25, 0.3) is 11.0 Å². The fourth-order valence-corrected chi connectivity index (χ4v) is 4.81. The molecule has 1 aliphatic heterocycles. The number of hydrogen-bond donors (Lipinski definition) is 0. The Morgan fingerprint density at radius 3 is 2.06 bits per heavy atom. The second-order valence-electron chi connectivity index (χ2n) is 8.27. The number of piperazine rings is 1. The molecule has 0 N–H and O–H groups in total. The Labute approximate surface area is 192 Å². The maximum absolute atomic E-state index is 12.1. The lowest BCUT2D eigenvalue weighted by Gasteiger charge is -2.40. The van der Waals surface area contributed by atoms with Gasteiger partial charge < -0.3 is 4.42 Å². The van der Waals surface area contributed by atoms with Gasteiger partial charge in [0.15, 0.2) is 0 Å². The van der Waals surface area contributed by atoms with E-state index in [4.69, 9.17) is 16.0 Å². The molecule has 0 bridgehead atoms. The second-order valence-corrected chi connectivity index (χ2v) is 8.70. The number of nitrogens with zero attached hydrogens (tertiary/aromatic N) is 2. The molecule has 162 valence electrons. The third-order valence-corrected chi connectivity index (χ3v) is 6.42. The molecule has 2 heterocycles. The van der Waals surface area contributed by atoms with Gasteiger partial charge in [-0.1, -0.05) is 72.3 Å². The van der Waals surface area contributed by atoms with Gasteiger partial charge in [-0.2, -0.15) is 0 Å². The standard InChI is InChI=1S/C27H25ClN2O2/c28-23-11-12-25-24(18-23)22(17-26(31)32-25)19-29-13-15-30(16-14-29)27(20-7-3-1-4-8-20)21-9-5-2-6-10-21/h1-12,17-18,27H,13-16,19H2. The molecule has 4 aromatic rings. The number of halogens is 1. The Hall–Kier alpha value is -2.92. The van der Waals surface area contributed by atoms with Crippen molar-refractivity contribution in [3.63, 3.8) is 0 Å². The van der Waals surface area contributed by atoms with Crippen molar-refractivity contribution in [3.05, 3.63) is 117 Å². The monoisotopic (exact) mass is 444 g/mol. The summed E-state index contributed by atoms with van der Waals surface area (Å²) >= 11 is 6.20. The lowest BCUT2D eigenvalue weighted by atomic mass is 9.96. The van der Waals surface area contributed by atoms with Gasteiger partial charge in [-0.25, -0.2) is 4.79 Å². The van der Waals surface area contributed by atoms with E-state index in [1.807, 2.05) is 6.07 Å². The van der Waals surface area contributed by atoms with Crippen molar-refractivity contribution in [3.8, 4) is 0 Å². The van der Waals surface area contributed by atoms with E-state index in [9.17, 15) is 4.79 Å². The molecule has 0 amide bonds. The molecule has 0 aliphatic carbocycles. The van der Waals surface area contributed by atoms with Crippen LogP contribution < -0.4 is 5.63 Å². The highest BCUT2D eigenvalue weighted by atomic mass is 35.5. The van der Waals surface area contributed by atoms with Crippen molar-refractivity contribution in [1.29, 1.82) is 0 Å². The molecule has 1 fully saturated rings. The summed E-state index contributed by atoms with van der Waals surface area (Å²) in [5.41, 5.74) is 3.86. The van der Waals surface area contributed by atoms with Gasteiger partial charge in [0, 0.05) is 49.2 Å². The van der Waals surface area contributed by atoms with Crippen LogP contribution in [0.15, 0.2) is 94.1 Å². The molecule has 1 saturated heterocycles. The van der Waals surface area contributed by atoms with Gasteiger partial charge in [-0.05, 0) is 34.9 Å². The van der Waals surface area contributed by atoms with E-state index in [0.29, 0.717) is 17.2 Å². The summed E-state index contributed by atoms with van der Waals surface area (Å²) in [5, 5.41) is 1.55. The first-order valence-corrected chi connectivity index (χ1v) is 11.3. The molecule has 1 aromatic heterocycles. The third kappa shape index (κ3) is 4.49. The average molecular weight is 445 g/mol. The molecule has 0 radical (unpaired) electrons. The fourth-order valence-electron chi connectivity index (χ4n) is 4.64. The van der Waals surface area contributed by atoms with Gasteiger partial charge in [-0.15, -0.1) is 0 Å². The molecule has 32 heavy (non-hydrogen) atoms. The Bertz CT molecular complexity index is 1210. The van der Waals surface area contributed by atoms with E-state index in [-0.39, 0.29) is 11.7 Å². The Morgan fingerprint density at radius 1 is 0.812 bits per heavy atom. The molecule has 0 spiro atoms. The van der Waals surface area contributed by atoms with Crippen molar-refractivity contribution >= 4 is 22.6 Å². The summed E-state index contributed by atoms with van der Waals surface area (Å²) < 4.78 is 5.35. The molecule has 5 rings (SSSR count). The van der Waals surface area contributed by atoms with Crippen molar-refractivity contribution in [2.24, 2.45) is 0 Å². The zero-order chi connectivity index (χ0) is 21.9. The van der Waals surface area contributed by atoms with Crippen LogP contribution in [0.4, 0.5) is 0 Å². The second kappa shape index (κ2) is 9.29. The summed E-state index contributed by atoms with van der Waals surface area (Å²) in [5.74, 6) is 0. The Morgan fingerprint density at radius 2 is 1.44 bits per heavy atom. The minimum atomic E-state index is -0.318. The van der Waals surface area contributed by atoms with Crippen LogP contribution in [-0.2, 0) is 6.54 Å². The van der Waals surface area contributed by atoms with E-state index in [1.165, 1.54) is 11.1 Å². The van der Waals surface area contributed by atoms with Crippen LogP contribution in [0.1, 0.15) is 22.7 Å². The van der Waals surface area contributed by atoms with Gasteiger partial charge in [0.1, 0.15) is 5.58 Å². The number of hydrogen-bond acceptors (Lipinski definition) is 4. The van der Waals surface area contributed by atoms with Gasteiger partial charge >= 0.3 is 5.63 Å². The SMILES string of the molecule is O=c1cc(CN2CCN(C(c3ccccc3)c3ccccc3)CC2)c2cc(Cl)ccc2o1. The van der Waals surface area contributed by atoms with Crippen molar-refractivity contribution in [1.82, 2.24) is 9.80 Å². The zero-order valence-corrected chi connectivity index (χ0v) is 18.5. The molecular formula is C27H25ClN2O2. The van der Waals surface area contributed by atoms with Crippen LogP contribution in [0.2, 0.25) is 5.02 Å². The largest absolute Gasteiger partial charge is 0.423 e. The first-order valence-electron chi connectivity index (χ1n) is 11.0. The van der Waals surface area contributed by atoms with Crippen LogP contribution in [0.3, 0.4) is 0 Å². The first kappa shape index (κ1) is 21.0. The first-order chi connectivity index (χ1) is 15.7. The molecule has 0 saturated carbocycles. The highest BCUT2D eigenvalue weighted by Crippen LogP contribution is 2.30. The molecule has 5 heteroatoms. The summed E-state index contributed by atoms with van der Waals surface area (Å²) in [7, 11) is 0. The summed E-state index contributed by atoms with van der Waals surface area (Å²) in [4.78, 5) is 17.0. The highest BCUT2D eigenvalue weighted by Gasteiger charge is 2.26. The molecule has 0 unspecified atom stereocenters. The molecule has 4 nitrogen and oxygen atoms in total. The minimum Gasteiger partial charge on any atom is -0.423 e. The van der Waals surface area contributed by atoms with Crippen LogP contribution >= 0.6 is 11.6 Å². The van der Waals surface area contributed by atoms with Crippen molar-refractivity contribution in [2.45, 2.75) is 12.6 Å². The highest BCUT2D eigenvalue weighted by molar-refractivity contribution is 6.31. The maximum atomic E-state index is 12.1. The van der Waals surface area contributed by atoms with Gasteiger partial charge in [0.25, 0.3) is 0 Å². The molecule has 3 aromatic carbocycles. The topological polar surface area (TPSA) is 36.7 Å². The summed E-state index contributed by atoms with van der Waals surface area (Å²) in [6.45, 7) is 4.47. The number of fused-ring (bicyclic) bond motifs is 1. The van der Waals surface area contributed by atoms with Crippen LogP contribution in [0, 0.1) is 0 Å². The van der Waals surface area contributed by atoms with E-state index >= 15 is 0 Å². The van der Waals surface area contributed by atoms with E-state index < -0.39 is 0 Å². The Kier molecular flexibility index (Phi) is 6.08. The van der Waals surface area contributed by atoms with Gasteiger partial charge in [0.05, 0.1) is 6.04 Å². The Balaban J connectivity index is 1.35. The van der Waals surface area contributed by atoms with Gasteiger partial charge in [0.2, 0.25) is 0 Å². The molecule has 1 aliphatic rings.